The van der Waals surface area contributed by atoms with E-state index in [4.69, 9.17) is 10.2 Å². The number of aliphatic hydroxyl groups excluding tert-OH is 4. The first kappa shape index (κ1) is 10.9. The van der Waals surface area contributed by atoms with Gasteiger partial charge in [-0.2, -0.15) is 0 Å². The molecule has 4 N–H and O–H groups in total. The van der Waals surface area contributed by atoms with Gasteiger partial charge < -0.3 is 20.4 Å². The molecule has 4 heteroatoms. The summed E-state index contributed by atoms with van der Waals surface area (Å²) in [6.07, 6.45) is -1.11. The van der Waals surface area contributed by atoms with Gasteiger partial charge in [0.05, 0.1) is 12.2 Å². The van der Waals surface area contributed by atoms with Crippen LogP contribution in [-0.2, 0) is 0 Å². The molecule has 0 radical (unpaired) electrons. The fraction of sp³-hybridized carbons (Fsp3) is 1.00. The van der Waals surface area contributed by atoms with Gasteiger partial charge in [-0.05, 0) is 18.3 Å². The van der Waals surface area contributed by atoms with E-state index in [0.717, 1.165) is 0 Å². The summed E-state index contributed by atoms with van der Waals surface area (Å²) in [6, 6.07) is 0. The largest absolute Gasteiger partial charge is 0.396 e. The van der Waals surface area contributed by atoms with Crippen molar-refractivity contribution in [3.63, 3.8) is 0 Å². The molecule has 0 aromatic heterocycles. The molecule has 0 spiro atoms. The fourth-order valence-corrected chi connectivity index (χ4v) is 2.04. The van der Waals surface area contributed by atoms with E-state index in [9.17, 15) is 10.2 Å². The molecule has 1 aliphatic rings. The summed E-state index contributed by atoms with van der Waals surface area (Å²) in [5, 5.41) is 37.0. The highest BCUT2D eigenvalue weighted by Gasteiger charge is 2.40. The summed E-state index contributed by atoms with van der Waals surface area (Å²) in [6.45, 7) is 1.67. The van der Waals surface area contributed by atoms with Gasteiger partial charge in [0.15, 0.2) is 0 Å². The Morgan fingerprint density at radius 1 is 1.00 bits per heavy atom. The number of aliphatic hydroxyl groups is 4. The van der Waals surface area contributed by atoms with Crippen molar-refractivity contribution < 1.29 is 20.4 Å². The second kappa shape index (κ2) is 4.37. The van der Waals surface area contributed by atoms with Crippen LogP contribution in [0, 0.1) is 17.8 Å². The first-order chi connectivity index (χ1) is 6.11. The maximum absolute atomic E-state index is 9.58. The quantitative estimate of drug-likeness (QED) is 0.448. The van der Waals surface area contributed by atoms with Crippen molar-refractivity contribution in [1.82, 2.24) is 0 Å². The van der Waals surface area contributed by atoms with Crippen LogP contribution in [0.2, 0.25) is 0 Å². The Balaban J connectivity index is 2.66. The van der Waals surface area contributed by atoms with Gasteiger partial charge in [0.2, 0.25) is 0 Å². The average molecular weight is 190 g/mol. The molecule has 0 heterocycles. The minimum atomic E-state index is -0.859. The lowest BCUT2D eigenvalue weighted by atomic mass is 9.72. The highest BCUT2D eigenvalue weighted by molar-refractivity contribution is 4.89. The van der Waals surface area contributed by atoms with Crippen molar-refractivity contribution in [2.75, 3.05) is 13.2 Å². The predicted octanol–water partition coefficient (Wildman–Crippen LogP) is -1.04. The zero-order chi connectivity index (χ0) is 10.0. The van der Waals surface area contributed by atoms with Gasteiger partial charge >= 0.3 is 0 Å². The molecule has 1 aliphatic carbocycles. The van der Waals surface area contributed by atoms with E-state index in [1.165, 1.54) is 0 Å². The molecule has 0 aromatic carbocycles. The Morgan fingerprint density at radius 2 is 1.54 bits per heavy atom. The molecule has 0 unspecified atom stereocenters. The molecule has 0 amide bonds. The van der Waals surface area contributed by atoms with E-state index in [1.54, 1.807) is 0 Å². The van der Waals surface area contributed by atoms with Gasteiger partial charge in [0.1, 0.15) is 0 Å². The molecule has 0 bridgehead atoms. The first-order valence-corrected chi connectivity index (χ1v) is 4.69. The summed E-state index contributed by atoms with van der Waals surface area (Å²) >= 11 is 0. The molecule has 0 saturated heterocycles. The van der Waals surface area contributed by atoms with Gasteiger partial charge in [-0.3, -0.25) is 0 Å². The maximum Gasteiger partial charge on any atom is 0.0851 e. The summed E-state index contributed by atoms with van der Waals surface area (Å²) < 4.78 is 0. The van der Waals surface area contributed by atoms with Crippen molar-refractivity contribution in [2.24, 2.45) is 17.8 Å². The molecule has 78 valence electrons. The fourth-order valence-electron chi connectivity index (χ4n) is 2.04. The molecule has 1 saturated carbocycles. The van der Waals surface area contributed by atoms with Crippen molar-refractivity contribution in [2.45, 2.75) is 25.6 Å². The third-order valence-corrected chi connectivity index (χ3v) is 3.19. The number of hydrogen-bond donors (Lipinski definition) is 4. The average Bonchev–Trinajstić information content (AvgIpc) is 2.15. The summed E-state index contributed by atoms with van der Waals surface area (Å²) in [5.41, 5.74) is 0. The Hall–Kier alpha value is -0.160. The molecule has 4 nitrogen and oxygen atoms in total. The van der Waals surface area contributed by atoms with Crippen LogP contribution in [0.15, 0.2) is 0 Å². The van der Waals surface area contributed by atoms with Gasteiger partial charge in [0.25, 0.3) is 0 Å². The molecule has 1 fully saturated rings. The second-order valence-electron chi connectivity index (χ2n) is 3.96. The van der Waals surface area contributed by atoms with Crippen LogP contribution in [-0.4, -0.2) is 45.8 Å². The van der Waals surface area contributed by atoms with E-state index in [1.807, 2.05) is 6.92 Å². The van der Waals surface area contributed by atoms with Crippen LogP contribution in [0.3, 0.4) is 0 Å². The van der Waals surface area contributed by atoms with Crippen LogP contribution in [0.5, 0.6) is 0 Å². The topological polar surface area (TPSA) is 80.9 Å². The predicted molar refractivity (Wildman–Crippen MR) is 46.9 cm³/mol. The zero-order valence-electron chi connectivity index (χ0n) is 7.80. The van der Waals surface area contributed by atoms with Gasteiger partial charge in [-0.25, -0.2) is 0 Å². The smallest absolute Gasteiger partial charge is 0.0851 e. The Kier molecular flexibility index (Phi) is 3.67. The SMILES string of the molecule is C[C@H]1[C@@H](CO)C[C@H](CO)[C@@H](O)[C@@H]1O. The second-order valence-corrected chi connectivity index (χ2v) is 3.96. The lowest BCUT2D eigenvalue weighted by molar-refractivity contribution is -0.111. The van der Waals surface area contributed by atoms with E-state index < -0.39 is 12.2 Å². The normalized spacial score (nSPS) is 46.4. The van der Waals surface area contributed by atoms with Gasteiger partial charge in [-0.15, -0.1) is 0 Å². The molecule has 0 aliphatic heterocycles. The van der Waals surface area contributed by atoms with E-state index >= 15 is 0 Å². The lowest BCUT2D eigenvalue weighted by Crippen LogP contribution is -2.48. The summed E-state index contributed by atoms with van der Waals surface area (Å²) in [4.78, 5) is 0. The highest BCUT2D eigenvalue weighted by Crippen LogP contribution is 2.33. The molecule has 5 atom stereocenters. The first-order valence-electron chi connectivity index (χ1n) is 4.69. The van der Waals surface area contributed by atoms with Gasteiger partial charge in [-0.1, -0.05) is 6.92 Å². The standard InChI is InChI=1S/C9H18O4/c1-5-6(3-10)2-7(4-11)9(13)8(5)12/h5-13H,2-4H2,1H3/t5-,6+,7+,8+,9+/m0/s1. The summed E-state index contributed by atoms with van der Waals surface area (Å²) in [5.74, 6) is -0.429. The van der Waals surface area contributed by atoms with Crippen LogP contribution in [0.4, 0.5) is 0 Å². The molecule has 13 heavy (non-hydrogen) atoms. The Bertz CT molecular complexity index is 142. The third kappa shape index (κ3) is 2.02. The van der Waals surface area contributed by atoms with Crippen molar-refractivity contribution in [1.29, 1.82) is 0 Å². The number of rotatable bonds is 2. The molecular formula is C9H18O4. The van der Waals surface area contributed by atoms with Crippen LogP contribution < -0.4 is 0 Å². The minimum Gasteiger partial charge on any atom is -0.396 e. The van der Waals surface area contributed by atoms with Crippen LogP contribution in [0.25, 0.3) is 0 Å². The Labute approximate surface area is 77.8 Å². The van der Waals surface area contributed by atoms with E-state index in [2.05, 4.69) is 0 Å². The van der Waals surface area contributed by atoms with Crippen molar-refractivity contribution in [3.8, 4) is 0 Å². The van der Waals surface area contributed by atoms with Crippen LogP contribution in [0.1, 0.15) is 13.3 Å². The summed E-state index contributed by atoms with van der Waals surface area (Å²) in [7, 11) is 0. The molecular weight excluding hydrogens is 172 g/mol. The lowest BCUT2D eigenvalue weighted by Gasteiger charge is -2.40. The molecule has 0 aromatic rings. The van der Waals surface area contributed by atoms with Crippen molar-refractivity contribution >= 4 is 0 Å². The van der Waals surface area contributed by atoms with E-state index in [0.29, 0.717) is 6.42 Å². The monoisotopic (exact) mass is 190 g/mol. The van der Waals surface area contributed by atoms with Crippen LogP contribution >= 0.6 is 0 Å². The molecule has 1 rings (SSSR count). The maximum atomic E-state index is 9.58. The zero-order valence-corrected chi connectivity index (χ0v) is 7.80. The van der Waals surface area contributed by atoms with E-state index in [-0.39, 0.29) is 31.0 Å². The van der Waals surface area contributed by atoms with Gasteiger partial charge in [0, 0.05) is 19.1 Å². The highest BCUT2D eigenvalue weighted by atomic mass is 16.3. The third-order valence-electron chi connectivity index (χ3n) is 3.19. The Morgan fingerprint density at radius 3 is 2.00 bits per heavy atom. The van der Waals surface area contributed by atoms with Crippen molar-refractivity contribution in [3.05, 3.63) is 0 Å². The minimum absolute atomic E-state index is 0.00144. The number of hydrogen-bond acceptors (Lipinski definition) is 4.